The standard InChI is InChI=1S/C26H25N3O4S/c1-33-23-14-12-21(13-15-23)25-16-24(28-29(25)22-6-4-3-5-7-22)26(30)27-17-19-8-10-20(11-9-19)18-34(2,31)32/h3-16H,17-18H2,1-2H3,(H,27,30). The number of benzene rings is 3. The van der Waals surface area contributed by atoms with Gasteiger partial charge in [0, 0.05) is 18.4 Å². The van der Waals surface area contributed by atoms with Crippen LogP contribution >= 0.6 is 0 Å². The Hall–Kier alpha value is -3.91. The number of carbonyl (C=O) groups is 1. The van der Waals surface area contributed by atoms with Crippen molar-refractivity contribution in [3.63, 3.8) is 0 Å². The van der Waals surface area contributed by atoms with Crippen molar-refractivity contribution in [2.24, 2.45) is 0 Å². The number of hydrogen-bond acceptors (Lipinski definition) is 5. The average molecular weight is 476 g/mol. The molecule has 1 N–H and O–H groups in total. The van der Waals surface area contributed by atoms with Gasteiger partial charge in [0.15, 0.2) is 15.5 Å². The first-order valence-corrected chi connectivity index (χ1v) is 12.7. The van der Waals surface area contributed by atoms with Crippen molar-refractivity contribution in [3.8, 4) is 22.7 Å². The van der Waals surface area contributed by atoms with Crippen LogP contribution in [0.4, 0.5) is 0 Å². The molecular formula is C26H25N3O4S. The maximum Gasteiger partial charge on any atom is 0.272 e. The largest absolute Gasteiger partial charge is 0.497 e. The van der Waals surface area contributed by atoms with Gasteiger partial charge in [-0.2, -0.15) is 5.10 Å². The number of hydrogen-bond donors (Lipinski definition) is 1. The molecule has 0 fully saturated rings. The Morgan fingerprint density at radius 3 is 2.21 bits per heavy atom. The molecule has 3 aromatic carbocycles. The van der Waals surface area contributed by atoms with Crippen molar-refractivity contribution in [2.45, 2.75) is 12.3 Å². The Morgan fingerprint density at radius 1 is 0.941 bits per heavy atom. The van der Waals surface area contributed by atoms with Gasteiger partial charge in [-0.15, -0.1) is 0 Å². The summed E-state index contributed by atoms with van der Waals surface area (Å²) in [5.74, 6) is 0.435. The van der Waals surface area contributed by atoms with Gasteiger partial charge in [-0.1, -0.05) is 42.5 Å². The maximum absolute atomic E-state index is 12.9. The number of nitrogens with one attached hydrogen (secondary N) is 1. The van der Waals surface area contributed by atoms with Crippen LogP contribution < -0.4 is 10.1 Å². The van der Waals surface area contributed by atoms with Gasteiger partial charge in [0.05, 0.1) is 24.2 Å². The molecule has 0 aliphatic rings. The highest BCUT2D eigenvalue weighted by molar-refractivity contribution is 7.89. The number of sulfone groups is 1. The topological polar surface area (TPSA) is 90.3 Å². The Balaban J connectivity index is 1.55. The van der Waals surface area contributed by atoms with E-state index in [9.17, 15) is 13.2 Å². The molecule has 174 valence electrons. The molecule has 1 heterocycles. The van der Waals surface area contributed by atoms with Crippen LogP contribution in [0.2, 0.25) is 0 Å². The molecule has 0 atom stereocenters. The van der Waals surface area contributed by atoms with E-state index >= 15 is 0 Å². The van der Waals surface area contributed by atoms with E-state index in [4.69, 9.17) is 4.74 Å². The number of methoxy groups -OCH3 is 1. The van der Waals surface area contributed by atoms with E-state index in [1.165, 1.54) is 6.26 Å². The van der Waals surface area contributed by atoms with Crippen LogP contribution in [0.25, 0.3) is 16.9 Å². The molecule has 0 bridgehead atoms. The van der Waals surface area contributed by atoms with Crippen LogP contribution in [-0.2, 0) is 22.1 Å². The van der Waals surface area contributed by atoms with Crippen LogP contribution in [0.1, 0.15) is 21.6 Å². The predicted molar refractivity (Wildman–Crippen MR) is 132 cm³/mol. The molecule has 4 rings (SSSR count). The Morgan fingerprint density at radius 2 is 1.59 bits per heavy atom. The Labute approximate surface area is 198 Å². The number of aromatic nitrogens is 2. The van der Waals surface area contributed by atoms with Crippen molar-refractivity contribution in [1.29, 1.82) is 0 Å². The van der Waals surface area contributed by atoms with Gasteiger partial charge < -0.3 is 10.1 Å². The molecule has 4 aromatic rings. The molecule has 0 unspecified atom stereocenters. The SMILES string of the molecule is COc1ccc(-c2cc(C(=O)NCc3ccc(CS(C)(=O)=O)cc3)nn2-c2ccccc2)cc1. The number of carbonyl (C=O) groups excluding carboxylic acids is 1. The van der Waals surface area contributed by atoms with Crippen LogP contribution in [0, 0.1) is 0 Å². The van der Waals surface area contributed by atoms with Gasteiger partial charge >= 0.3 is 0 Å². The summed E-state index contributed by atoms with van der Waals surface area (Å²) >= 11 is 0. The fraction of sp³-hybridized carbons (Fsp3) is 0.154. The molecule has 1 aromatic heterocycles. The van der Waals surface area contributed by atoms with Gasteiger partial charge in [-0.05, 0) is 53.6 Å². The minimum atomic E-state index is -3.09. The third-order valence-electron chi connectivity index (χ3n) is 5.23. The summed E-state index contributed by atoms with van der Waals surface area (Å²) < 4.78 is 29.9. The highest BCUT2D eigenvalue weighted by Crippen LogP contribution is 2.26. The predicted octanol–water partition coefficient (Wildman–Crippen LogP) is 4.02. The summed E-state index contributed by atoms with van der Waals surface area (Å²) in [6, 6.07) is 26.1. The monoisotopic (exact) mass is 475 g/mol. The molecule has 0 radical (unpaired) electrons. The minimum Gasteiger partial charge on any atom is -0.497 e. The summed E-state index contributed by atoms with van der Waals surface area (Å²) in [6.45, 7) is 0.300. The van der Waals surface area contributed by atoms with E-state index in [0.717, 1.165) is 28.3 Å². The second kappa shape index (κ2) is 9.93. The second-order valence-corrected chi connectivity index (χ2v) is 10.1. The lowest BCUT2D eigenvalue weighted by atomic mass is 10.1. The summed E-state index contributed by atoms with van der Waals surface area (Å²) in [5, 5.41) is 7.46. The number of nitrogens with zero attached hydrogens (tertiary/aromatic N) is 2. The smallest absolute Gasteiger partial charge is 0.272 e. The van der Waals surface area contributed by atoms with Crippen molar-refractivity contribution >= 4 is 15.7 Å². The zero-order valence-corrected chi connectivity index (χ0v) is 19.7. The number of ether oxygens (including phenoxy) is 1. The molecule has 0 spiro atoms. The lowest BCUT2D eigenvalue weighted by Crippen LogP contribution is -2.23. The summed E-state index contributed by atoms with van der Waals surface area (Å²) in [6.07, 6.45) is 1.20. The van der Waals surface area contributed by atoms with Gasteiger partial charge in [-0.3, -0.25) is 4.79 Å². The first-order valence-electron chi connectivity index (χ1n) is 10.7. The van der Waals surface area contributed by atoms with E-state index in [-0.39, 0.29) is 11.7 Å². The molecule has 0 saturated carbocycles. The molecular weight excluding hydrogens is 450 g/mol. The van der Waals surface area contributed by atoms with Gasteiger partial charge in [0.25, 0.3) is 5.91 Å². The fourth-order valence-corrected chi connectivity index (χ4v) is 4.35. The highest BCUT2D eigenvalue weighted by atomic mass is 32.2. The lowest BCUT2D eigenvalue weighted by Gasteiger charge is -2.08. The highest BCUT2D eigenvalue weighted by Gasteiger charge is 2.17. The van der Waals surface area contributed by atoms with E-state index in [0.29, 0.717) is 17.8 Å². The second-order valence-electron chi connectivity index (χ2n) is 7.96. The summed E-state index contributed by atoms with van der Waals surface area (Å²) in [5.41, 5.74) is 4.39. The molecule has 0 aliphatic carbocycles. The van der Waals surface area contributed by atoms with E-state index < -0.39 is 9.84 Å². The number of rotatable bonds is 8. The van der Waals surface area contributed by atoms with Crippen molar-refractivity contribution in [3.05, 3.63) is 102 Å². The summed E-state index contributed by atoms with van der Waals surface area (Å²) in [4.78, 5) is 12.9. The lowest BCUT2D eigenvalue weighted by molar-refractivity contribution is 0.0945. The maximum atomic E-state index is 12.9. The Bertz CT molecular complexity index is 1380. The van der Waals surface area contributed by atoms with Gasteiger partial charge in [-0.25, -0.2) is 13.1 Å². The third-order valence-corrected chi connectivity index (χ3v) is 6.09. The number of para-hydroxylation sites is 1. The van der Waals surface area contributed by atoms with Crippen LogP contribution in [0.15, 0.2) is 84.9 Å². The Kier molecular flexibility index (Phi) is 6.79. The minimum absolute atomic E-state index is 0.00923. The van der Waals surface area contributed by atoms with Crippen LogP contribution in [0.3, 0.4) is 0 Å². The fourth-order valence-electron chi connectivity index (χ4n) is 3.55. The summed E-state index contributed by atoms with van der Waals surface area (Å²) in [7, 11) is -1.47. The van der Waals surface area contributed by atoms with E-state index in [2.05, 4.69) is 10.4 Å². The number of amides is 1. The van der Waals surface area contributed by atoms with E-state index in [1.54, 1.807) is 30.0 Å². The normalized spacial score (nSPS) is 11.2. The van der Waals surface area contributed by atoms with Gasteiger partial charge in [0.1, 0.15) is 5.75 Å². The molecule has 8 heteroatoms. The van der Waals surface area contributed by atoms with Crippen molar-refractivity contribution < 1.29 is 17.9 Å². The van der Waals surface area contributed by atoms with E-state index in [1.807, 2.05) is 66.7 Å². The van der Waals surface area contributed by atoms with Crippen molar-refractivity contribution in [2.75, 3.05) is 13.4 Å². The molecule has 34 heavy (non-hydrogen) atoms. The first kappa shape index (κ1) is 23.3. The molecule has 7 nitrogen and oxygen atoms in total. The first-order chi connectivity index (χ1) is 16.3. The molecule has 0 aliphatic heterocycles. The quantitative estimate of drug-likeness (QED) is 0.416. The van der Waals surface area contributed by atoms with Crippen molar-refractivity contribution in [1.82, 2.24) is 15.1 Å². The third kappa shape index (κ3) is 5.71. The van der Waals surface area contributed by atoms with Crippen LogP contribution in [-0.4, -0.2) is 37.5 Å². The zero-order chi connectivity index (χ0) is 24.1. The van der Waals surface area contributed by atoms with Gasteiger partial charge in [0.2, 0.25) is 0 Å². The molecule has 1 amide bonds. The average Bonchev–Trinajstić information content (AvgIpc) is 3.29. The van der Waals surface area contributed by atoms with Crippen LogP contribution in [0.5, 0.6) is 5.75 Å². The zero-order valence-electron chi connectivity index (χ0n) is 18.9. The molecule has 0 saturated heterocycles.